The first-order valence-electron chi connectivity index (χ1n) is 8.47. The molecule has 8 heteroatoms. The number of aryl methyl sites for hydroxylation is 1. The number of carbonyl (C=O) groups is 1. The van der Waals surface area contributed by atoms with E-state index in [1.807, 2.05) is 13.0 Å². The Balaban J connectivity index is 1.65. The molecule has 140 valence electrons. The standard InChI is InChI=1S/C20H16ClN5O2/c1-11-7-16-19(23-10-11)26-18(25-16)14-8-12(3-4-15(14)21)24-20(27)17-9-13(28-2)5-6-22-17/h3-10H,1-2H3,(H,24,27)(H,23,25,26). The van der Waals surface area contributed by atoms with Crippen LogP contribution in [0.5, 0.6) is 5.75 Å². The molecule has 0 saturated heterocycles. The summed E-state index contributed by atoms with van der Waals surface area (Å²) in [4.78, 5) is 28.6. The van der Waals surface area contributed by atoms with Crippen molar-refractivity contribution in [2.45, 2.75) is 6.92 Å². The van der Waals surface area contributed by atoms with Crippen molar-refractivity contribution in [3.8, 4) is 17.1 Å². The number of nitrogens with one attached hydrogen (secondary N) is 2. The number of aromatic amines is 1. The van der Waals surface area contributed by atoms with Gasteiger partial charge in [-0.25, -0.2) is 9.97 Å². The Morgan fingerprint density at radius 1 is 1.18 bits per heavy atom. The lowest BCUT2D eigenvalue weighted by Gasteiger charge is -2.08. The molecule has 1 amide bonds. The summed E-state index contributed by atoms with van der Waals surface area (Å²) < 4.78 is 5.13. The third-order valence-corrected chi connectivity index (χ3v) is 4.48. The summed E-state index contributed by atoms with van der Waals surface area (Å²) in [7, 11) is 1.53. The minimum Gasteiger partial charge on any atom is -0.497 e. The molecular formula is C20H16ClN5O2. The number of methoxy groups -OCH3 is 1. The fourth-order valence-corrected chi connectivity index (χ4v) is 2.98. The molecule has 3 heterocycles. The van der Waals surface area contributed by atoms with E-state index < -0.39 is 0 Å². The number of hydrogen-bond acceptors (Lipinski definition) is 5. The van der Waals surface area contributed by atoms with Crippen LogP contribution in [0.25, 0.3) is 22.6 Å². The first kappa shape index (κ1) is 17.9. The number of imidazole rings is 1. The molecule has 0 aliphatic heterocycles. The van der Waals surface area contributed by atoms with Crippen LogP contribution in [0.15, 0.2) is 48.8 Å². The number of benzene rings is 1. The number of ether oxygens (including phenoxy) is 1. The smallest absolute Gasteiger partial charge is 0.274 e. The lowest BCUT2D eigenvalue weighted by atomic mass is 10.2. The number of halogens is 1. The highest BCUT2D eigenvalue weighted by Crippen LogP contribution is 2.30. The molecule has 4 rings (SSSR count). The molecule has 0 unspecified atom stereocenters. The van der Waals surface area contributed by atoms with Gasteiger partial charge in [-0.3, -0.25) is 9.78 Å². The van der Waals surface area contributed by atoms with Crippen molar-refractivity contribution in [3.63, 3.8) is 0 Å². The fraction of sp³-hybridized carbons (Fsp3) is 0.100. The molecule has 0 bridgehead atoms. The van der Waals surface area contributed by atoms with Crippen LogP contribution < -0.4 is 10.1 Å². The van der Waals surface area contributed by atoms with Crippen LogP contribution in [0.4, 0.5) is 5.69 Å². The summed E-state index contributed by atoms with van der Waals surface area (Å²) in [6, 6.07) is 10.4. The number of hydrogen-bond donors (Lipinski definition) is 2. The van der Waals surface area contributed by atoms with Crippen molar-refractivity contribution in [1.29, 1.82) is 0 Å². The van der Waals surface area contributed by atoms with Gasteiger partial charge in [-0.1, -0.05) is 11.6 Å². The van der Waals surface area contributed by atoms with Gasteiger partial charge in [-0.15, -0.1) is 0 Å². The molecule has 7 nitrogen and oxygen atoms in total. The first-order valence-corrected chi connectivity index (χ1v) is 8.85. The maximum atomic E-state index is 12.5. The highest BCUT2D eigenvalue weighted by Gasteiger charge is 2.13. The number of rotatable bonds is 4. The van der Waals surface area contributed by atoms with E-state index in [0.717, 1.165) is 11.1 Å². The number of aromatic nitrogens is 4. The lowest BCUT2D eigenvalue weighted by Crippen LogP contribution is -2.13. The Morgan fingerprint density at radius 3 is 2.86 bits per heavy atom. The number of carbonyl (C=O) groups excluding carboxylic acids is 1. The van der Waals surface area contributed by atoms with Crippen molar-refractivity contribution in [1.82, 2.24) is 19.9 Å². The quantitative estimate of drug-likeness (QED) is 0.541. The third kappa shape index (κ3) is 3.52. The van der Waals surface area contributed by atoms with Crippen LogP contribution in [0.2, 0.25) is 5.02 Å². The van der Waals surface area contributed by atoms with Gasteiger partial charge < -0.3 is 15.0 Å². The Hall–Kier alpha value is -3.45. The number of H-pyrrole nitrogens is 1. The van der Waals surface area contributed by atoms with Crippen LogP contribution in [0, 0.1) is 6.92 Å². The predicted octanol–water partition coefficient (Wildman–Crippen LogP) is 4.24. The van der Waals surface area contributed by atoms with Gasteiger partial charge >= 0.3 is 0 Å². The summed E-state index contributed by atoms with van der Waals surface area (Å²) in [6.07, 6.45) is 3.27. The summed E-state index contributed by atoms with van der Waals surface area (Å²) in [5, 5.41) is 3.32. The van der Waals surface area contributed by atoms with Gasteiger partial charge in [0.15, 0.2) is 5.65 Å². The highest BCUT2D eigenvalue weighted by atomic mass is 35.5. The van der Waals surface area contributed by atoms with Crippen LogP contribution >= 0.6 is 11.6 Å². The fourth-order valence-electron chi connectivity index (χ4n) is 2.77. The predicted molar refractivity (Wildman–Crippen MR) is 108 cm³/mol. The second kappa shape index (κ2) is 7.28. The Kier molecular flexibility index (Phi) is 4.67. The van der Waals surface area contributed by atoms with E-state index in [4.69, 9.17) is 16.3 Å². The van der Waals surface area contributed by atoms with Gasteiger partial charge in [0.25, 0.3) is 5.91 Å². The van der Waals surface area contributed by atoms with E-state index in [9.17, 15) is 4.79 Å². The average Bonchev–Trinajstić information content (AvgIpc) is 3.12. The van der Waals surface area contributed by atoms with Gasteiger partial charge in [0.05, 0.1) is 17.6 Å². The molecule has 0 radical (unpaired) electrons. The van der Waals surface area contributed by atoms with Gasteiger partial charge in [0.1, 0.15) is 17.3 Å². The normalized spacial score (nSPS) is 10.8. The maximum absolute atomic E-state index is 12.5. The molecule has 4 aromatic rings. The average molecular weight is 394 g/mol. The highest BCUT2D eigenvalue weighted by molar-refractivity contribution is 6.33. The van der Waals surface area contributed by atoms with E-state index in [0.29, 0.717) is 33.5 Å². The minimum atomic E-state index is -0.353. The van der Waals surface area contributed by atoms with Gasteiger partial charge in [-0.05, 0) is 42.8 Å². The topological polar surface area (TPSA) is 92.8 Å². The van der Waals surface area contributed by atoms with Crippen molar-refractivity contribution in [2.75, 3.05) is 12.4 Å². The molecular weight excluding hydrogens is 378 g/mol. The van der Waals surface area contributed by atoms with E-state index in [1.54, 1.807) is 36.5 Å². The number of anilines is 1. The molecule has 28 heavy (non-hydrogen) atoms. The number of nitrogens with zero attached hydrogens (tertiary/aromatic N) is 3. The second-order valence-electron chi connectivity index (χ2n) is 6.20. The van der Waals surface area contributed by atoms with E-state index in [-0.39, 0.29) is 11.6 Å². The van der Waals surface area contributed by atoms with Crippen LogP contribution in [-0.4, -0.2) is 33.0 Å². The minimum absolute atomic E-state index is 0.249. The number of fused-ring (bicyclic) bond motifs is 1. The Labute approximate surface area is 165 Å². The zero-order chi connectivity index (χ0) is 19.7. The third-order valence-electron chi connectivity index (χ3n) is 4.15. The van der Waals surface area contributed by atoms with Crippen LogP contribution in [0.1, 0.15) is 16.1 Å². The van der Waals surface area contributed by atoms with E-state index in [2.05, 4.69) is 25.3 Å². The SMILES string of the molecule is COc1ccnc(C(=O)Nc2ccc(Cl)c(-c3nc4ncc(C)cc4[nH]3)c2)c1. The molecule has 0 atom stereocenters. The largest absolute Gasteiger partial charge is 0.497 e. The monoisotopic (exact) mass is 393 g/mol. The second-order valence-corrected chi connectivity index (χ2v) is 6.61. The van der Waals surface area contributed by atoms with E-state index in [1.165, 1.54) is 13.3 Å². The molecule has 2 N–H and O–H groups in total. The van der Waals surface area contributed by atoms with Crippen molar-refractivity contribution >= 4 is 34.4 Å². The maximum Gasteiger partial charge on any atom is 0.274 e. The summed E-state index contributed by atoms with van der Waals surface area (Å²) in [5.74, 6) is 0.782. The molecule has 1 aromatic carbocycles. The van der Waals surface area contributed by atoms with Gasteiger partial charge in [0.2, 0.25) is 0 Å². The van der Waals surface area contributed by atoms with Crippen molar-refractivity contribution in [3.05, 3.63) is 65.1 Å². The molecule has 0 saturated carbocycles. The van der Waals surface area contributed by atoms with E-state index >= 15 is 0 Å². The summed E-state index contributed by atoms with van der Waals surface area (Å²) >= 11 is 6.36. The summed E-state index contributed by atoms with van der Waals surface area (Å²) in [6.45, 7) is 1.96. The Morgan fingerprint density at radius 2 is 2.04 bits per heavy atom. The van der Waals surface area contributed by atoms with Gasteiger partial charge in [-0.2, -0.15) is 0 Å². The lowest BCUT2D eigenvalue weighted by molar-refractivity contribution is 0.102. The van der Waals surface area contributed by atoms with Crippen LogP contribution in [-0.2, 0) is 0 Å². The molecule has 0 spiro atoms. The Bertz CT molecular complexity index is 1190. The molecule has 0 aliphatic rings. The van der Waals surface area contributed by atoms with Crippen LogP contribution in [0.3, 0.4) is 0 Å². The number of pyridine rings is 2. The zero-order valence-electron chi connectivity index (χ0n) is 15.2. The van der Waals surface area contributed by atoms with Crippen molar-refractivity contribution < 1.29 is 9.53 Å². The molecule has 0 fully saturated rings. The molecule has 3 aromatic heterocycles. The van der Waals surface area contributed by atoms with Crippen molar-refractivity contribution in [2.24, 2.45) is 0 Å². The summed E-state index contributed by atoms with van der Waals surface area (Å²) in [5.41, 5.74) is 3.93. The zero-order valence-corrected chi connectivity index (χ0v) is 15.9. The number of amides is 1. The molecule has 0 aliphatic carbocycles. The van der Waals surface area contributed by atoms with Gasteiger partial charge in [0, 0.05) is 29.7 Å². The first-order chi connectivity index (χ1) is 13.5.